The molecule has 0 bridgehead atoms. The van der Waals surface area contributed by atoms with Crippen LogP contribution in [0.3, 0.4) is 0 Å². The normalized spacial score (nSPS) is 18.7. The minimum absolute atomic E-state index is 0.116. The molecule has 1 atom stereocenters. The van der Waals surface area contributed by atoms with Crippen molar-refractivity contribution in [2.24, 2.45) is 0 Å². The Balaban J connectivity index is 1.84. The van der Waals surface area contributed by atoms with Gasteiger partial charge in [-0.25, -0.2) is 27.2 Å². The molecule has 4 rings (SSSR count). The van der Waals surface area contributed by atoms with Crippen LogP contribution in [0.5, 0.6) is 0 Å². The number of alkyl halides is 6. The number of H-pyrrole nitrogens is 1. The number of nitrogens with zero attached hydrogens (tertiary/aromatic N) is 3. The number of hydrogen-bond donors (Lipinski definition) is 1. The van der Waals surface area contributed by atoms with Crippen molar-refractivity contribution in [3.05, 3.63) is 41.7 Å². The van der Waals surface area contributed by atoms with Crippen molar-refractivity contribution in [1.29, 1.82) is 0 Å². The first-order chi connectivity index (χ1) is 16.2. The summed E-state index contributed by atoms with van der Waals surface area (Å²) in [5.41, 5.74) is -2.98. The maximum Gasteiger partial charge on any atom is 0.417 e. The van der Waals surface area contributed by atoms with Crippen LogP contribution in [0.25, 0.3) is 22.3 Å². The number of aromatic nitrogens is 3. The fourth-order valence-corrected chi connectivity index (χ4v) is 5.10. The Hall–Kier alpha value is -2.85. The Kier molecular flexibility index (Phi) is 6.25. The van der Waals surface area contributed by atoms with E-state index < -0.39 is 99.1 Å². The lowest BCUT2D eigenvalue weighted by Gasteiger charge is -2.19. The van der Waals surface area contributed by atoms with Crippen LogP contribution in [0.15, 0.2) is 29.6 Å². The first-order valence-corrected chi connectivity index (χ1v) is 11.2. The van der Waals surface area contributed by atoms with E-state index in [0.717, 1.165) is 0 Å². The van der Waals surface area contributed by atoms with Crippen molar-refractivity contribution in [2.75, 3.05) is 19.7 Å². The molecule has 190 valence electrons. The number of aromatic amines is 1. The van der Waals surface area contributed by atoms with Gasteiger partial charge in [0.2, 0.25) is 0 Å². The van der Waals surface area contributed by atoms with Gasteiger partial charge in [-0.15, -0.1) is 0 Å². The predicted octanol–water partition coefficient (Wildman–Crippen LogP) is 4.26. The second-order valence-corrected chi connectivity index (χ2v) is 9.43. The number of ether oxygens (including phenoxy) is 1. The van der Waals surface area contributed by atoms with Gasteiger partial charge in [-0.05, 0) is 18.6 Å². The summed E-state index contributed by atoms with van der Waals surface area (Å²) in [6.07, 6.45) is -11.6. The van der Waals surface area contributed by atoms with E-state index in [4.69, 9.17) is 0 Å². The number of fused-ring (bicyclic) bond motifs is 1. The molecular formula is C19H14F8N4O3S. The Morgan fingerprint density at radius 2 is 1.69 bits per heavy atom. The molecule has 1 N–H and O–H groups in total. The predicted molar refractivity (Wildman–Crippen MR) is 103 cm³/mol. The average Bonchev–Trinajstić information content (AvgIpc) is 3.04. The van der Waals surface area contributed by atoms with Crippen LogP contribution < -0.4 is 0 Å². The maximum absolute atomic E-state index is 14.6. The van der Waals surface area contributed by atoms with E-state index in [1.807, 2.05) is 0 Å². The topological polar surface area (TPSA) is 88.2 Å². The molecule has 3 heterocycles. The van der Waals surface area contributed by atoms with E-state index in [0.29, 0.717) is 22.8 Å². The van der Waals surface area contributed by atoms with Gasteiger partial charge in [-0.3, -0.25) is 0 Å². The molecule has 0 radical (unpaired) electrons. The number of nitrogens with one attached hydrogen (secondary N) is 1. The lowest BCUT2D eigenvalue weighted by atomic mass is 10.0. The highest BCUT2D eigenvalue weighted by Crippen LogP contribution is 2.42. The smallest absolute Gasteiger partial charge is 0.367 e. The molecule has 1 aliphatic rings. The summed E-state index contributed by atoms with van der Waals surface area (Å²) in [6.45, 7) is -1.68. The van der Waals surface area contributed by atoms with Gasteiger partial charge in [0.1, 0.15) is 10.8 Å². The van der Waals surface area contributed by atoms with Gasteiger partial charge in [0.05, 0.1) is 30.1 Å². The monoisotopic (exact) mass is 530 g/mol. The second-order valence-electron chi connectivity index (χ2n) is 7.52. The summed E-state index contributed by atoms with van der Waals surface area (Å²) in [6, 6.07) is 0.822. The van der Waals surface area contributed by atoms with E-state index in [-0.39, 0.29) is 6.07 Å². The number of rotatable bonds is 3. The maximum atomic E-state index is 14.6. The van der Waals surface area contributed by atoms with Crippen molar-refractivity contribution < 1.29 is 48.3 Å². The Morgan fingerprint density at radius 3 is 2.29 bits per heavy atom. The molecule has 0 saturated carbocycles. The van der Waals surface area contributed by atoms with Gasteiger partial charge in [0.15, 0.2) is 17.7 Å². The highest BCUT2D eigenvalue weighted by molar-refractivity contribution is 7.89. The molecule has 7 nitrogen and oxygen atoms in total. The van der Waals surface area contributed by atoms with Crippen molar-refractivity contribution in [2.45, 2.75) is 29.9 Å². The molecule has 1 fully saturated rings. The molecule has 0 aliphatic carbocycles. The zero-order valence-corrected chi connectivity index (χ0v) is 18.0. The van der Waals surface area contributed by atoms with Gasteiger partial charge in [0, 0.05) is 24.0 Å². The standard InChI is InChI=1S/C19H14F8N4O3S/c20-9-7-28-17(29-8-9)15-10-5-14(30-16(10)12(21)6-11(15)18(22,23)24)35(32,33)31-2-1-13(19(25,26)27)34-4-3-31/h5-8,13,30H,1-4H2. The lowest BCUT2D eigenvalue weighted by molar-refractivity contribution is -0.218. The highest BCUT2D eigenvalue weighted by atomic mass is 32.2. The van der Waals surface area contributed by atoms with Crippen molar-refractivity contribution in [3.63, 3.8) is 0 Å². The fourth-order valence-electron chi connectivity index (χ4n) is 3.67. The number of hydrogen-bond acceptors (Lipinski definition) is 5. The molecule has 16 heteroatoms. The largest absolute Gasteiger partial charge is 0.417 e. The zero-order chi connectivity index (χ0) is 25.8. The molecule has 2 aromatic heterocycles. The van der Waals surface area contributed by atoms with Gasteiger partial charge >= 0.3 is 12.4 Å². The summed E-state index contributed by atoms with van der Waals surface area (Å²) < 4.78 is 139. The summed E-state index contributed by atoms with van der Waals surface area (Å²) in [7, 11) is -4.61. The van der Waals surface area contributed by atoms with Crippen LogP contribution in [0.4, 0.5) is 35.1 Å². The number of benzene rings is 1. The summed E-state index contributed by atoms with van der Waals surface area (Å²) in [4.78, 5) is 9.20. The van der Waals surface area contributed by atoms with Crippen LogP contribution in [-0.2, 0) is 20.9 Å². The van der Waals surface area contributed by atoms with E-state index in [1.165, 1.54) is 0 Å². The molecule has 1 unspecified atom stereocenters. The van der Waals surface area contributed by atoms with E-state index >= 15 is 0 Å². The summed E-state index contributed by atoms with van der Waals surface area (Å²) >= 11 is 0. The lowest BCUT2D eigenvalue weighted by Crippen LogP contribution is -2.34. The molecule has 1 saturated heterocycles. The van der Waals surface area contributed by atoms with Gasteiger partial charge in [-0.2, -0.15) is 30.6 Å². The molecule has 3 aromatic rings. The van der Waals surface area contributed by atoms with Crippen molar-refractivity contribution in [3.8, 4) is 11.4 Å². The highest BCUT2D eigenvalue weighted by Gasteiger charge is 2.43. The second kappa shape index (κ2) is 8.67. The molecule has 1 aliphatic heterocycles. The quantitative estimate of drug-likeness (QED) is 0.512. The summed E-state index contributed by atoms with van der Waals surface area (Å²) in [5, 5.41) is -1.33. The number of halogens is 8. The minimum atomic E-state index is -5.12. The van der Waals surface area contributed by atoms with Crippen molar-refractivity contribution >= 4 is 20.9 Å². The van der Waals surface area contributed by atoms with Crippen molar-refractivity contribution in [1.82, 2.24) is 19.3 Å². The number of sulfonamides is 1. The first kappa shape index (κ1) is 25.2. The van der Waals surface area contributed by atoms with E-state index in [9.17, 15) is 43.5 Å². The van der Waals surface area contributed by atoms with Gasteiger partial charge in [0.25, 0.3) is 10.0 Å². The molecule has 0 amide bonds. The SMILES string of the molecule is O=S(=O)(c1cc2c(-c3ncc(F)cn3)c(C(F)(F)F)cc(F)c2[nH]1)N1CCOC(C(F)(F)F)CC1. The van der Waals surface area contributed by atoms with Crippen LogP contribution in [0.1, 0.15) is 12.0 Å². The average molecular weight is 530 g/mol. The third-order valence-electron chi connectivity index (χ3n) is 5.27. The summed E-state index contributed by atoms with van der Waals surface area (Å²) in [5.74, 6) is -3.06. The minimum Gasteiger partial charge on any atom is -0.367 e. The first-order valence-electron chi connectivity index (χ1n) is 9.78. The van der Waals surface area contributed by atoms with Crippen LogP contribution in [0.2, 0.25) is 0 Å². The Labute approximate surface area is 191 Å². The molecule has 1 aromatic carbocycles. The third-order valence-corrected chi connectivity index (χ3v) is 7.09. The fraction of sp³-hybridized carbons (Fsp3) is 0.368. The van der Waals surface area contributed by atoms with Crippen LogP contribution in [-0.4, -0.2) is 59.7 Å². The molecular weight excluding hydrogens is 516 g/mol. The van der Waals surface area contributed by atoms with Crippen LogP contribution in [0, 0.1) is 11.6 Å². The van der Waals surface area contributed by atoms with Gasteiger partial charge in [-0.1, -0.05) is 0 Å². The molecule has 35 heavy (non-hydrogen) atoms. The van der Waals surface area contributed by atoms with E-state index in [2.05, 4.69) is 19.7 Å². The molecule has 0 spiro atoms. The zero-order valence-electron chi connectivity index (χ0n) is 17.2. The van der Waals surface area contributed by atoms with Gasteiger partial charge < -0.3 is 9.72 Å². The van der Waals surface area contributed by atoms with Crippen LogP contribution >= 0.6 is 0 Å². The Morgan fingerprint density at radius 1 is 1.03 bits per heavy atom. The Bertz CT molecular complexity index is 1350. The van der Waals surface area contributed by atoms with E-state index in [1.54, 1.807) is 0 Å². The third kappa shape index (κ3) is 4.81.